The Balaban J connectivity index is 1.36. The third-order valence-corrected chi connectivity index (χ3v) is 6.23. The molecular formula is C20H25F2N3O2. The van der Waals surface area contributed by atoms with E-state index in [2.05, 4.69) is 0 Å². The standard InChI is InChI=1S/C20H25F2N3O2/c21-16-4-3-15(11-17(16)22)13-25-14-20(12-18(25)26)5-9-24(10-6-20)19(27)23-7-1-2-8-23/h3-4,11H,1-2,5-10,12-14H2. The van der Waals surface area contributed by atoms with Crippen LogP contribution in [0.2, 0.25) is 0 Å². The molecule has 3 fully saturated rings. The van der Waals surface area contributed by atoms with Gasteiger partial charge in [-0.05, 0) is 43.4 Å². The van der Waals surface area contributed by atoms with Crippen molar-refractivity contribution >= 4 is 11.9 Å². The molecule has 0 bridgehead atoms. The highest BCUT2D eigenvalue weighted by molar-refractivity contribution is 5.80. The number of likely N-dealkylation sites (tertiary alicyclic amines) is 3. The summed E-state index contributed by atoms with van der Waals surface area (Å²) in [6.07, 6.45) is 4.26. The van der Waals surface area contributed by atoms with Crippen LogP contribution in [-0.2, 0) is 11.3 Å². The Bertz CT molecular complexity index is 741. The molecular weight excluding hydrogens is 352 g/mol. The number of halogens is 2. The predicted octanol–water partition coefficient (Wildman–Crippen LogP) is 3.00. The van der Waals surface area contributed by atoms with Crippen molar-refractivity contribution in [2.75, 3.05) is 32.7 Å². The summed E-state index contributed by atoms with van der Waals surface area (Å²) in [6, 6.07) is 3.91. The third kappa shape index (κ3) is 3.64. The number of hydrogen-bond donors (Lipinski definition) is 0. The van der Waals surface area contributed by atoms with Crippen LogP contribution >= 0.6 is 0 Å². The summed E-state index contributed by atoms with van der Waals surface area (Å²) < 4.78 is 26.5. The van der Waals surface area contributed by atoms with Crippen LogP contribution in [0.5, 0.6) is 0 Å². The van der Waals surface area contributed by atoms with E-state index in [1.165, 1.54) is 6.07 Å². The Kier molecular flexibility index (Phi) is 4.78. The van der Waals surface area contributed by atoms with Crippen molar-refractivity contribution in [1.29, 1.82) is 0 Å². The van der Waals surface area contributed by atoms with Crippen molar-refractivity contribution in [1.82, 2.24) is 14.7 Å². The Morgan fingerprint density at radius 1 is 1.00 bits per heavy atom. The average Bonchev–Trinajstić information content (AvgIpc) is 3.28. The highest BCUT2D eigenvalue weighted by atomic mass is 19.2. The lowest BCUT2D eigenvalue weighted by Crippen LogP contribution is -2.48. The summed E-state index contributed by atoms with van der Waals surface area (Å²) in [7, 11) is 0. The van der Waals surface area contributed by atoms with Crippen LogP contribution in [0.4, 0.5) is 13.6 Å². The average molecular weight is 377 g/mol. The van der Waals surface area contributed by atoms with Gasteiger partial charge in [0.1, 0.15) is 0 Å². The van der Waals surface area contributed by atoms with Gasteiger partial charge in [-0.15, -0.1) is 0 Å². The van der Waals surface area contributed by atoms with Gasteiger partial charge in [-0.3, -0.25) is 4.79 Å². The molecule has 5 nitrogen and oxygen atoms in total. The maximum atomic E-state index is 13.4. The van der Waals surface area contributed by atoms with Gasteiger partial charge in [-0.2, -0.15) is 0 Å². The van der Waals surface area contributed by atoms with Crippen molar-refractivity contribution in [2.45, 2.75) is 38.6 Å². The monoisotopic (exact) mass is 377 g/mol. The second-order valence-electron chi connectivity index (χ2n) is 8.14. The molecule has 0 aliphatic carbocycles. The summed E-state index contributed by atoms with van der Waals surface area (Å²) in [4.78, 5) is 30.6. The maximum absolute atomic E-state index is 13.4. The normalized spacial score (nSPS) is 22.1. The predicted molar refractivity (Wildman–Crippen MR) is 95.8 cm³/mol. The van der Waals surface area contributed by atoms with Gasteiger partial charge in [-0.1, -0.05) is 6.07 Å². The molecule has 3 aliphatic rings. The van der Waals surface area contributed by atoms with Gasteiger partial charge in [0.15, 0.2) is 11.6 Å². The first-order valence-electron chi connectivity index (χ1n) is 9.71. The van der Waals surface area contributed by atoms with Gasteiger partial charge in [0, 0.05) is 51.1 Å². The SMILES string of the molecule is O=C1CC2(CCN(C(=O)N3CCCC3)CC2)CN1Cc1ccc(F)c(F)c1. The first kappa shape index (κ1) is 18.2. The second-order valence-corrected chi connectivity index (χ2v) is 8.14. The van der Waals surface area contributed by atoms with Crippen LogP contribution in [-0.4, -0.2) is 59.4 Å². The lowest BCUT2D eigenvalue weighted by Gasteiger charge is -2.40. The lowest BCUT2D eigenvalue weighted by atomic mass is 9.77. The first-order chi connectivity index (χ1) is 13.0. The molecule has 0 unspecified atom stereocenters. The Morgan fingerprint density at radius 3 is 2.33 bits per heavy atom. The quantitative estimate of drug-likeness (QED) is 0.795. The molecule has 3 saturated heterocycles. The van der Waals surface area contributed by atoms with Crippen molar-refractivity contribution in [3.05, 3.63) is 35.4 Å². The summed E-state index contributed by atoms with van der Waals surface area (Å²) in [6.45, 7) is 3.98. The molecule has 7 heteroatoms. The largest absolute Gasteiger partial charge is 0.338 e. The summed E-state index contributed by atoms with van der Waals surface area (Å²) >= 11 is 0. The van der Waals surface area contributed by atoms with E-state index in [9.17, 15) is 18.4 Å². The molecule has 0 saturated carbocycles. The summed E-state index contributed by atoms with van der Waals surface area (Å²) in [5.41, 5.74) is 0.498. The number of rotatable bonds is 2. The Morgan fingerprint density at radius 2 is 1.67 bits per heavy atom. The minimum Gasteiger partial charge on any atom is -0.338 e. The van der Waals surface area contributed by atoms with Crippen LogP contribution in [0.3, 0.4) is 0 Å². The van der Waals surface area contributed by atoms with Gasteiger partial charge in [-0.25, -0.2) is 13.6 Å². The fraction of sp³-hybridized carbons (Fsp3) is 0.600. The number of nitrogens with zero attached hydrogens (tertiary/aromatic N) is 3. The number of carbonyl (C=O) groups excluding carboxylic acids is 2. The second kappa shape index (κ2) is 7.09. The molecule has 1 spiro atoms. The van der Waals surface area contributed by atoms with E-state index in [0.29, 0.717) is 38.2 Å². The van der Waals surface area contributed by atoms with E-state index in [1.807, 2.05) is 9.80 Å². The summed E-state index contributed by atoms with van der Waals surface area (Å²) in [5, 5.41) is 0. The lowest BCUT2D eigenvalue weighted by molar-refractivity contribution is -0.128. The van der Waals surface area contributed by atoms with Gasteiger partial charge in [0.2, 0.25) is 5.91 Å². The Hall–Kier alpha value is -2.18. The summed E-state index contributed by atoms with van der Waals surface area (Å²) in [5.74, 6) is -1.71. The zero-order valence-electron chi connectivity index (χ0n) is 15.4. The highest BCUT2D eigenvalue weighted by Crippen LogP contribution is 2.41. The fourth-order valence-corrected chi connectivity index (χ4v) is 4.60. The third-order valence-electron chi connectivity index (χ3n) is 6.23. The zero-order chi connectivity index (χ0) is 19.0. The highest BCUT2D eigenvalue weighted by Gasteiger charge is 2.45. The maximum Gasteiger partial charge on any atom is 0.319 e. The van der Waals surface area contributed by atoms with Crippen molar-refractivity contribution in [2.24, 2.45) is 5.41 Å². The van der Waals surface area contributed by atoms with Crippen LogP contribution in [0.1, 0.15) is 37.7 Å². The topological polar surface area (TPSA) is 43.9 Å². The van der Waals surface area contributed by atoms with Gasteiger partial charge >= 0.3 is 6.03 Å². The minimum atomic E-state index is -0.886. The van der Waals surface area contributed by atoms with Gasteiger partial charge in [0.05, 0.1) is 0 Å². The molecule has 3 heterocycles. The molecule has 0 atom stereocenters. The molecule has 27 heavy (non-hydrogen) atoms. The van der Waals surface area contributed by atoms with E-state index >= 15 is 0 Å². The fourth-order valence-electron chi connectivity index (χ4n) is 4.60. The number of hydrogen-bond acceptors (Lipinski definition) is 2. The molecule has 1 aromatic rings. The van der Waals surface area contributed by atoms with Crippen LogP contribution in [0.25, 0.3) is 0 Å². The first-order valence-corrected chi connectivity index (χ1v) is 9.71. The van der Waals surface area contributed by atoms with Crippen molar-refractivity contribution in [3.8, 4) is 0 Å². The molecule has 146 valence electrons. The number of benzene rings is 1. The van der Waals surface area contributed by atoms with Gasteiger partial charge in [0.25, 0.3) is 0 Å². The van der Waals surface area contributed by atoms with E-state index in [0.717, 1.165) is 50.9 Å². The molecule has 0 aromatic heterocycles. The smallest absolute Gasteiger partial charge is 0.319 e. The van der Waals surface area contributed by atoms with E-state index in [1.54, 1.807) is 4.90 Å². The van der Waals surface area contributed by atoms with Crippen LogP contribution < -0.4 is 0 Å². The molecule has 4 rings (SSSR count). The minimum absolute atomic E-state index is 0.0547. The van der Waals surface area contributed by atoms with Crippen molar-refractivity contribution in [3.63, 3.8) is 0 Å². The molecule has 3 aliphatic heterocycles. The molecule has 1 aromatic carbocycles. The number of amides is 3. The Labute approximate surface area is 157 Å². The molecule has 0 radical (unpaired) electrons. The number of urea groups is 1. The van der Waals surface area contributed by atoms with Crippen LogP contribution in [0.15, 0.2) is 18.2 Å². The number of carbonyl (C=O) groups is 2. The van der Waals surface area contributed by atoms with Crippen LogP contribution in [0, 0.1) is 17.0 Å². The van der Waals surface area contributed by atoms with E-state index in [-0.39, 0.29) is 17.4 Å². The number of piperidine rings is 1. The van der Waals surface area contributed by atoms with E-state index in [4.69, 9.17) is 0 Å². The molecule has 0 N–H and O–H groups in total. The van der Waals surface area contributed by atoms with Crippen molar-refractivity contribution < 1.29 is 18.4 Å². The molecule has 3 amide bonds. The van der Waals surface area contributed by atoms with Gasteiger partial charge < -0.3 is 14.7 Å². The zero-order valence-corrected chi connectivity index (χ0v) is 15.4. The van der Waals surface area contributed by atoms with E-state index < -0.39 is 11.6 Å².